The Balaban J connectivity index is 3.51. The molecule has 1 atom stereocenters. The topological polar surface area (TPSA) is 69.4 Å². The second kappa shape index (κ2) is 6.22. The van der Waals surface area contributed by atoms with Crippen molar-refractivity contribution in [3.8, 4) is 0 Å². The summed E-state index contributed by atoms with van der Waals surface area (Å²) >= 11 is 0. The largest absolute Gasteiger partial charge is 0.460 e. The van der Waals surface area contributed by atoms with Crippen molar-refractivity contribution < 1.29 is 14.3 Å². The molecule has 0 heterocycles. The van der Waals surface area contributed by atoms with Gasteiger partial charge in [-0.25, -0.2) is 4.79 Å². The molecule has 0 aromatic rings. The monoisotopic (exact) mass is 185 g/mol. The Hall–Kier alpha value is -1.32. The first kappa shape index (κ1) is 11.7. The lowest BCUT2D eigenvalue weighted by Crippen LogP contribution is -2.15. The van der Waals surface area contributed by atoms with E-state index in [0.29, 0.717) is 19.3 Å². The van der Waals surface area contributed by atoms with Crippen LogP contribution >= 0.6 is 0 Å². The van der Waals surface area contributed by atoms with Gasteiger partial charge in [-0.05, 0) is 19.8 Å². The summed E-state index contributed by atoms with van der Waals surface area (Å²) in [5.41, 5.74) is 4.94. The molecule has 0 aromatic carbocycles. The molecular weight excluding hydrogens is 170 g/mol. The fourth-order valence-corrected chi connectivity index (χ4v) is 0.869. The van der Waals surface area contributed by atoms with Crippen molar-refractivity contribution in [2.75, 3.05) is 0 Å². The normalized spacial score (nSPS) is 11.8. The lowest BCUT2D eigenvalue weighted by atomic mass is 10.2. The minimum absolute atomic E-state index is 0.190. The number of nitrogens with two attached hydrogens (primary N) is 1. The van der Waals surface area contributed by atoms with E-state index in [9.17, 15) is 9.59 Å². The van der Waals surface area contributed by atoms with Crippen LogP contribution in [0.4, 0.5) is 0 Å². The molecule has 1 amide bonds. The summed E-state index contributed by atoms with van der Waals surface area (Å²) < 4.78 is 4.87. The molecular formula is C9H15NO3. The fourth-order valence-electron chi connectivity index (χ4n) is 0.869. The number of amides is 1. The first-order valence-corrected chi connectivity index (χ1v) is 4.17. The molecule has 0 fully saturated rings. The summed E-state index contributed by atoms with van der Waals surface area (Å²) in [5.74, 6) is -0.770. The van der Waals surface area contributed by atoms with Crippen molar-refractivity contribution in [2.45, 2.75) is 32.3 Å². The molecule has 0 spiro atoms. The van der Waals surface area contributed by atoms with Gasteiger partial charge < -0.3 is 10.5 Å². The van der Waals surface area contributed by atoms with Gasteiger partial charge in [0.15, 0.2) is 0 Å². The van der Waals surface area contributed by atoms with E-state index in [1.54, 1.807) is 6.92 Å². The number of hydrogen-bond donors (Lipinski definition) is 1. The predicted molar refractivity (Wildman–Crippen MR) is 48.8 cm³/mol. The maximum Gasteiger partial charge on any atom is 0.330 e. The molecule has 0 aliphatic carbocycles. The fraction of sp³-hybridized carbons (Fsp3) is 0.556. The number of rotatable bonds is 6. The van der Waals surface area contributed by atoms with E-state index in [-0.39, 0.29) is 12.0 Å². The average Bonchev–Trinajstić information content (AvgIpc) is 2.03. The maximum atomic E-state index is 10.7. The van der Waals surface area contributed by atoms with Crippen LogP contribution in [0.3, 0.4) is 0 Å². The molecule has 1 unspecified atom stereocenters. The first-order valence-electron chi connectivity index (χ1n) is 4.17. The molecule has 0 radical (unpaired) electrons. The summed E-state index contributed by atoms with van der Waals surface area (Å²) in [5, 5.41) is 0. The number of esters is 1. The van der Waals surface area contributed by atoms with Crippen molar-refractivity contribution in [1.29, 1.82) is 0 Å². The van der Waals surface area contributed by atoms with E-state index < -0.39 is 5.97 Å². The van der Waals surface area contributed by atoms with E-state index in [2.05, 4.69) is 6.58 Å². The van der Waals surface area contributed by atoms with E-state index in [4.69, 9.17) is 10.5 Å². The number of carbonyl (C=O) groups is 2. The second-order valence-electron chi connectivity index (χ2n) is 2.81. The van der Waals surface area contributed by atoms with Gasteiger partial charge >= 0.3 is 5.97 Å². The first-order chi connectivity index (χ1) is 6.06. The van der Waals surface area contributed by atoms with Crippen LogP contribution in [0.5, 0.6) is 0 Å². The summed E-state index contributed by atoms with van der Waals surface area (Å²) in [7, 11) is 0. The quantitative estimate of drug-likeness (QED) is 0.490. The predicted octanol–water partition coefficient (Wildman–Crippen LogP) is 0.760. The van der Waals surface area contributed by atoms with Crippen molar-refractivity contribution in [3.63, 3.8) is 0 Å². The average molecular weight is 185 g/mol. The zero-order valence-corrected chi connectivity index (χ0v) is 7.79. The van der Waals surface area contributed by atoms with Crippen molar-refractivity contribution in [1.82, 2.24) is 0 Å². The van der Waals surface area contributed by atoms with Crippen LogP contribution in [0.2, 0.25) is 0 Å². The van der Waals surface area contributed by atoms with Crippen molar-refractivity contribution in [3.05, 3.63) is 12.7 Å². The van der Waals surface area contributed by atoms with Crippen LogP contribution in [0.1, 0.15) is 26.2 Å². The van der Waals surface area contributed by atoms with E-state index in [1.165, 1.54) is 0 Å². The van der Waals surface area contributed by atoms with E-state index in [1.807, 2.05) is 0 Å². The molecule has 0 rings (SSSR count). The summed E-state index contributed by atoms with van der Waals surface area (Å²) in [6.45, 7) is 5.04. The number of ether oxygens (including phenoxy) is 1. The van der Waals surface area contributed by atoms with Gasteiger partial charge in [0, 0.05) is 12.5 Å². The smallest absolute Gasteiger partial charge is 0.330 e. The molecule has 13 heavy (non-hydrogen) atoms. The lowest BCUT2D eigenvalue weighted by molar-refractivity contribution is -0.142. The minimum atomic E-state index is -0.438. The van der Waals surface area contributed by atoms with Gasteiger partial charge in [-0.15, -0.1) is 0 Å². The highest BCUT2D eigenvalue weighted by molar-refractivity contribution is 5.81. The highest BCUT2D eigenvalue weighted by atomic mass is 16.5. The SMILES string of the molecule is C=CC(=O)OC(C)CCCC(N)=O. The molecule has 0 aromatic heterocycles. The molecule has 0 aliphatic rings. The van der Waals surface area contributed by atoms with Crippen molar-refractivity contribution in [2.24, 2.45) is 5.73 Å². The lowest BCUT2D eigenvalue weighted by Gasteiger charge is -2.10. The van der Waals surface area contributed by atoms with Crippen LogP contribution in [0, 0.1) is 0 Å². The van der Waals surface area contributed by atoms with Crippen molar-refractivity contribution >= 4 is 11.9 Å². The van der Waals surface area contributed by atoms with E-state index in [0.717, 1.165) is 6.08 Å². The number of hydrogen-bond acceptors (Lipinski definition) is 3. The van der Waals surface area contributed by atoms with Crippen LogP contribution in [0.25, 0.3) is 0 Å². The van der Waals surface area contributed by atoms with Crippen LogP contribution in [0.15, 0.2) is 12.7 Å². The van der Waals surface area contributed by atoms with Crippen LogP contribution in [-0.2, 0) is 14.3 Å². The Bertz CT molecular complexity index is 201. The highest BCUT2D eigenvalue weighted by Crippen LogP contribution is 2.04. The summed E-state index contributed by atoms with van der Waals surface area (Å²) in [4.78, 5) is 21.0. The van der Waals surface area contributed by atoms with Gasteiger partial charge in [0.1, 0.15) is 0 Å². The third-order valence-electron chi connectivity index (χ3n) is 1.52. The van der Waals surface area contributed by atoms with Gasteiger partial charge in [0.2, 0.25) is 5.91 Å². The van der Waals surface area contributed by atoms with Gasteiger partial charge in [0.05, 0.1) is 6.10 Å². The van der Waals surface area contributed by atoms with Gasteiger partial charge in [-0.2, -0.15) is 0 Å². The summed E-state index contributed by atoms with van der Waals surface area (Å²) in [6.07, 6.45) is 2.54. The molecule has 0 saturated carbocycles. The third kappa shape index (κ3) is 7.05. The third-order valence-corrected chi connectivity index (χ3v) is 1.52. The summed E-state index contributed by atoms with van der Waals surface area (Å²) in [6, 6.07) is 0. The molecule has 0 aliphatic heterocycles. The maximum absolute atomic E-state index is 10.7. The molecule has 2 N–H and O–H groups in total. The molecule has 74 valence electrons. The van der Waals surface area contributed by atoms with Gasteiger partial charge in [-0.1, -0.05) is 6.58 Å². The second-order valence-corrected chi connectivity index (χ2v) is 2.81. The van der Waals surface area contributed by atoms with Crippen LogP contribution in [-0.4, -0.2) is 18.0 Å². The zero-order chi connectivity index (χ0) is 10.3. The standard InChI is InChI=1S/C9H15NO3/c1-3-9(12)13-7(2)5-4-6-8(10)11/h3,7H,1,4-6H2,2H3,(H2,10,11). The van der Waals surface area contributed by atoms with E-state index >= 15 is 0 Å². The number of primary amides is 1. The Morgan fingerprint density at radius 1 is 1.62 bits per heavy atom. The molecule has 4 nitrogen and oxygen atoms in total. The minimum Gasteiger partial charge on any atom is -0.460 e. The Kier molecular flexibility index (Phi) is 5.59. The van der Waals surface area contributed by atoms with Crippen LogP contribution < -0.4 is 5.73 Å². The van der Waals surface area contributed by atoms with Gasteiger partial charge in [-0.3, -0.25) is 4.79 Å². The Labute approximate surface area is 77.7 Å². The molecule has 0 saturated heterocycles. The van der Waals surface area contributed by atoms with Gasteiger partial charge in [0.25, 0.3) is 0 Å². The molecule has 4 heteroatoms. The number of carbonyl (C=O) groups excluding carboxylic acids is 2. The zero-order valence-electron chi connectivity index (χ0n) is 7.79. The Morgan fingerprint density at radius 3 is 2.69 bits per heavy atom. The Morgan fingerprint density at radius 2 is 2.23 bits per heavy atom. The molecule has 0 bridgehead atoms. The highest BCUT2D eigenvalue weighted by Gasteiger charge is 2.06.